The third-order valence-electron chi connectivity index (χ3n) is 16.1. The van der Waals surface area contributed by atoms with Crippen LogP contribution in [0, 0.1) is 0 Å². The molecule has 0 fully saturated rings. The maximum atomic E-state index is 5.60. The number of hydrogen-bond acceptors (Lipinski definition) is 4. The molecule has 77 heavy (non-hydrogen) atoms. The van der Waals surface area contributed by atoms with Crippen LogP contribution in [-0.2, 0) is 0 Å². The third kappa shape index (κ3) is 6.94. The maximum absolute atomic E-state index is 5.60. The van der Waals surface area contributed by atoms with Crippen molar-refractivity contribution < 1.29 is 0 Å². The van der Waals surface area contributed by atoms with E-state index >= 15 is 0 Å². The predicted octanol–water partition coefficient (Wildman–Crippen LogP) is 17.0. The molecule has 1 aromatic heterocycles. The molecule has 0 unspecified atom stereocenters. The summed E-state index contributed by atoms with van der Waals surface area (Å²) in [7, 11) is 0. The SMILES string of the molecule is c1ccc(-c2ccc(N3c4cc(-c5nc(-c6ccccc6)nc6ccccc56)cc5c4B(c4ccc6cc7ccccc7cc6c43)c3ccc4cc6ccccc6cc4c3N5c3ccc(-c4ccccc4)cc3)cc2)cc1. The van der Waals surface area contributed by atoms with E-state index in [4.69, 9.17) is 9.97 Å². The molecule has 2 aliphatic heterocycles. The summed E-state index contributed by atoms with van der Waals surface area (Å²) in [4.78, 5) is 16.0. The fourth-order valence-corrected chi connectivity index (χ4v) is 12.6. The second-order valence-corrected chi connectivity index (χ2v) is 20.5. The third-order valence-corrected chi connectivity index (χ3v) is 16.1. The Hall–Kier alpha value is -10.1. The molecule has 16 rings (SSSR count). The van der Waals surface area contributed by atoms with Gasteiger partial charge in [-0.05, 0) is 138 Å². The van der Waals surface area contributed by atoms with Gasteiger partial charge in [0, 0.05) is 61.4 Å². The molecule has 0 saturated carbocycles. The van der Waals surface area contributed by atoms with Gasteiger partial charge in [-0.1, -0.05) is 206 Å². The van der Waals surface area contributed by atoms with E-state index in [1.807, 2.05) is 6.07 Å². The van der Waals surface area contributed by atoms with Gasteiger partial charge < -0.3 is 9.80 Å². The molecule has 13 aromatic carbocycles. The highest BCUT2D eigenvalue weighted by atomic mass is 15.2. The Bertz CT molecular complexity index is 4440. The van der Waals surface area contributed by atoms with Crippen LogP contribution in [0.1, 0.15) is 0 Å². The summed E-state index contributed by atoms with van der Waals surface area (Å²) in [6, 6.07) is 100. The second kappa shape index (κ2) is 17.2. The zero-order valence-electron chi connectivity index (χ0n) is 41.8. The lowest BCUT2D eigenvalue weighted by atomic mass is 9.33. The van der Waals surface area contributed by atoms with Gasteiger partial charge in [0.25, 0.3) is 6.71 Å². The van der Waals surface area contributed by atoms with E-state index in [0.717, 1.165) is 50.5 Å². The number of aromatic nitrogens is 2. The van der Waals surface area contributed by atoms with E-state index in [9.17, 15) is 0 Å². The number of hydrogen-bond donors (Lipinski definition) is 0. The molecule has 0 N–H and O–H groups in total. The minimum absolute atomic E-state index is 0.132. The van der Waals surface area contributed by atoms with Crippen molar-refractivity contribution in [1.29, 1.82) is 0 Å². The van der Waals surface area contributed by atoms with Gasteiger partial charge in [-0.3, -0.25) is 0 Å². The van der Waals surface area contributed by atoms with Crippen molar-refractivity contribution >= 4 is 111 Å². The van der Waals surface area contributed by atoms with Crippen molar-refractivity contribution in [2.24, 2.45) is 0 Å². The van der Waals surface area contributed by atoms with Crippen LogP contribution in [-0.4, -0.2) is 16.7 Å². The summed E-state index contributed by atoms with van der Waals surface area (Å²) in [6.45, 7) is -0.132. The zero-order valence-corrected chi connectivity index (χ0v) is 41.8. The Morgan fingerprint density at radius 3 is 1.19 bits per heavy atom. The highest BCUT2D eigenvalue weighted by molar-refractivity contribution is 7.00. The molecule has 4 nitrogen and oxygen atoms in total. The van der Waals surface area contributed by atoms with Crippen molar-refractivity contribution in [3.63, 3.8) is 0 Å². The average Bonchev–Trinajstić information content (AvgIpc) is 3.66. The Morgan fingerprint density at radius 1 is 0.286 bits per heavy atom. The first-order valence-corrected chi connectivity index (χ1v) is 26.5. The van der Waals surface area contributed by atoms with Gasteiger partial charge >= 0.3 is 0 Å². The fourth-order valence-electron chi connectivity index (χ4n) is 12.6. The van der Waals surface area contributed by atoms with Crippen LogP contribution in [0.3, 0.4) is 0 Å². The molecular weight excluding hydrogens is 932 g/mol. The van der Waals surface area contributed by atoms with E-state index in [1.54, 1.807) is 0 Å². The summed E-state index contributed by atoms with van der Waals surface area (Å²) in [6.07, 6.45) is 0. The topological polar surface area (TPSA) is 32.3 Å². The van der Waals surface area contributed by atoms with Crippen molar-refractivity contribution in [3.8, 4) is 44.9 Å². The Labute approximate surface area is 446 Å². The number of anilines is 6. The fraction of sp³-hybridized carbons (Fsp3) is 0. The number of rotatable bonds is 6. The standard InChI is InChI=1S/C72H45BN4/c1-4-16-46(17-5-1)48-28-34-58(35-29-48)76-66-44-57(69-60-26-14-15-27-65(60)74-72(75-69)50-20-8-3-9-21-50)45-67-68(66)73(63-38-32-55-40-51-22-10-12-24-53(51)42-61(55)70(63)76)64-39-33-56-41-52-23-11-13-25-54(52)43-62(56)71(64)77(67)59-36-30-49(31-37-59)47-18-6-2-7-19-47/h1-45H. The van der Waals surface area contributed by atoms with Gasteiger partial charge in [0.1, 0.15) is 0 Å². The van der Waals surface area contributed by atoms with Gasteiger partial charge in [0.05, 0.1) is 11.2 Å². The number of fused-ring (bicyclic) bond motifs is 11. The summed E-state index contributed by atoms with van der Waals surface area (Å²) in [5.41, 5.74) is 19.0. The Morgan fingerprint density at radius 2 is 0.701 bits per heavy atom. The molecule has 0 bridgehead atoms. The van der Waals surface area contributed by atoms with Crippen LogP contribution >= 0.6 is 0 Å². The van der Waals surface area contributed by atoms with Gasteiger partial charge in [-0.25, -0.2) is 9.97 Å². The maximum Gasteiger partial charge on any atom is 0.252 e. The van der Waals surface area contributed by atoms with Crippen LogP contribution in [0.15, 0.2) is 273 Å². The predicted molar refractivity (Wildman–Crippen MR) is 325 cm³/mol. The summed E-state index contributed by atoms with van der Waals surface area (Å²) in [5, 5.41) is 10.7. The van der Waals surface area contributed by atoms with Crippen LogP contribution in [0.5, 0.6) is 0 Å². The van der Waals surface area contributed by atoms with E-state index in [0.29, 0.717) is 5.82 Å². The van der Waals surface area contributed by atoms with E-state index in [-0.39, 0.29) is 6.71 Å². The summed E-state index contributed by atoms with van der Waals surface area (Å²) < 4.78 is 0. The summed E-state index contributed by atoms with van der Waals surface area (Å²) in [5.74, 6) is 0.691. The molecule has 0 aliphatic carbocycles. The van der Waals surface area contributed by atoms with Gasteiger partial charge in [-0.2, -0.15) is 0 Å². The lowest BCUT2D eigenvalue weighted by Gasteiger charge is -2.45. The van der Waals surface area contributed by atoms with Crippen molar-refractivity contribution in [1.82, 2.24) is 9.97 Å². The first-order valence-electron chi connectivity index (χ1n) is 26.5. The molecule has 2 aliphatic rings. The van der Waals surface area contributed by atoms with Crippen LogP contribution < -0.4 is 26.2 Å². The highest BCUT2D eigenvalue weighted by Crippen LogP contribution is 2.50. The molecule has 3 heterocycles. The van der Waals surface area contributed by atoms with Crippen molar-refractivity contribution in [3.05, 3.63) is 273 Å². The summed E-state index contributed by atoms with van der Waals surface area (Å²) >= 11 is 0. The molecule has 14 aromatic rings. The average molecular weight is 977 g/mol. The van der Waals surface area contributed by atoms with Crippen molar-refractivity contribution in [2.45, 2.75) is 0 Å². The lowest BCUT2D eigenvalue weighted by Crippen LogP contribution is -2.61. The normalized spacial score (nSPS) is 12.6. The monoisotopic (exact) mass is 976 g/mol. The molecule has 356 valence electrons. The lowest BCUT2D eigenvalue weighted by molar-refractivity contribution is 1.22. The zero-order chi connectivity index (χ0) is 50.6. The van der Waals surface area contributed by atoms with Crippen LogP contribution in [0.25, 0.3) is 98.9 Å². The second-order valence-electron chi connectivity index (χ2n) is 20.5. The van der Waals surface area contributed by atoms with Gasteiger partial charge in [0.2, 0.25) is 0 Å². The van der Waals surface area contributed by atoms with Crippen molar-refractivity contribution in [2.75, 3.05) is 9.80 Å². The quantitative estimate of drug-likeness (QED) is 0.123. The van der Waals surface area contributed by atoms with Gasteiger partial charge in [-0.15, -0.1) is 0 Å². The molecule has 0 radical (unpaired) electrons. The largest absolute Gasteiger partial charge is 0.311 e. The molecule has 0 amide bonds. The minimum atomic E-state index is -0.132. The first-order chi connectivity index (χ1) is 38.2. The first kappa shape index (κ1) is 43.3. The molecule has 5 heteroatoms. The van der Waals surface area contributed by atoms with E-state index in [2.05, 4.69) is 277 Å². The van der Waals surface area contributed by atoms with E-state index in [1.165, 1.54) is 93.1 Å². The van der Waals surface area contributed by atoms with Crippen LogP contribution in [0.4, 0.5) is 34.1 Å². The molecule has 0 spiro atoms. The molecule has 0 atom stereocenters. The van der Waals surface area contributed by atoms with Gasteiger partial charge in [0.15, 0.2) is 5.82 Å². The van der Waals surface area contributed by atoms with E-state index < -0.39 is 0 Å². The Balaban J connectivity index is 1.06. The number of para-hydroxylation sites is 1. The smallest absolute Gasteiger partial charge is 0.252 e. The minimum Gasteiger partial charge on any atom is -0.311 e. The Kier molecular flexibility index (Phi) is 9.70. The highest BCUT2D eigenvalue weighted by Gasteiger charge is 2.45. The molecular formula is C72H45BN4. The van der Waals surface area contributed by atoms with Crippen LogP contribution in [0.2, 0.25) is 0 Å². The molecule has 0 saturated heterocycles. The number of benzene rings is 13. The number of nitrogens with zero attached hydrogens (tertiary/aromatic N) is 4.